The largest absolute Gasteiger partial charge is 0.465 e. The molecule has 2 aliphatic rings. The highest BCUT2D eigenvalue weighted by Gasteiger charge is 2.24. The number of aromatic nitrogens is 2. The zero-order valence-corrected chi connectivity index (χ0v) is 12.2. The van der Waals surface area contributed by atoms with E-state index in [1.165, 1.54) is 4.90 Å². The molecule has 1 aromatic rings. The Balaban J connectivity index is 1.68. The van der Waals surface area contributed by atoms with Crippen LogP contribution in [-0.4, -0.2) is 63.1 Å². The van der Waals surface area contributed by atoms with Crippen LogP contribution < -0.4 is 5.32 Å². The summed E-state index contributed by atoms with van der Waals surface area (Å²) in [5.41, 5.74) is 1.76. The van der Waals surface area contributed by atoms with E-state index >= 15 is 0 Å². The number of hydrogen-bond donors (Lipinski definition) is 3. The first-order valence-electron chi connectivity index (χ1n) is 7.47. The van der Waals surface area contributed by atoms with Crippen molar-refractivity contribution in [3.8, 4) is 0 Å². The number of nitrogens with one attached hydrogen (secondary N) is 1. The van der Waals surface area contributed by atoms with Gasteiger partial charge in [-0.1, -0.05) is 0 Å². The number of hydrogen-bond acceptors (Lipinski definition) is 6. The van der Waals surface area contributed by atoms with Gasteiger partial charge in [0.15, 0.2) is 0 Å². The molecule has 1 aromatic heterocycles. The van der Waals surface area contributed by atoms with Gasteiger partial charge in [-0.2, -0.15) is 0 Å². The highest BCUT2D eigenvalue weighted by molar-refractivity contribution is 5.65. The molecule has 0 spiro atoms. The third kappa shape index (κ3) is 3.28. The second-order valence-corrected chi connectivity index (χ2v) is 5.66. The van der Waals surface area contributed by atoms with Gasteiger partial charge in [-0.15, -0.1) is 0 Å². The molecule has 8 nitrogen and oxygen atoms in total. The van der Waals surface area contributed by atoms with E-state index < -0.39 is 6.09 Å². The molecule has 2 aliphatic heterocycles. The molecule has 0 aliphatic carbocycles. The minimum absolute atomic E-state index is 0.0107. The van der Waals surface area contributed by atoms with Crippen molar-refractivity contribution in [3.05, 3.63) is 17.5 Å². The average Bonchev–Trinajstić information content (AvgIpc) is 2.54. The summed E-state index contributed by atoms with van der Waals surface area (Å²) in [4.78, 5) is 21.2. The fourth-order valence-electron chi connectivity index (χ4n) is 2.86. The lowest BCUT2D eigenvalue weighted by molar-refractivity contribution is -0.0213. The van der Waals surface area contributed by atoms with Crippen molar-refractivity contribution in [1.29, 1.82) is 0 Å². The number of carbonyl (C=O) groups is 1. The van der Waals surface area contributed by atoms with Crippen LogP contribution in [0.5, 0.6) is 0 Å². The lowest BCUT2D eigenvalue weighted by Gasteiger charge is -2.29. The van der Waals surface area contributed by atoms with Crippen molar-refractivity contribution in [1.82, 2.24) is 14.9 Å². The number of ether oxygens (including phenoxy) is 1. The van der Waals surface area contributed by atoms with Gasteiger partial charge in [-0.3, -0.25) is 0 Å². The van der Waals surface area contributed by atoms with E-state index in [1.807, 2.05) is 0 Å². The highest BCUT2D eigenvalue weighted by Crippen LogP contribution is 2.20. The molecule has 8 heteroatoms. The number of aliphatic hydroxyl groups excluding tert-OH is 1. The van der Waals surface area contributed by atoms with Crippen molar-refractivity contribution in [3.63, 3.8) is 0 Å². The number of amides is 1. The second kappa shape index (κ2) is 6.45. The Kier molecular flexibility index (Phi) is 4.39. The lowest BCUT2D eigenvalue weighted by atomic mass is 10.0. The first-order valence-corrected chi connectivity index (χ1v) is 7.47. The van der Waals surface area contributed by atoms with E-state index in [0.29, 0.717) is 38.5 Å². The maximum Gasteiger partial charge on any atom is 0.407 e. The Morgan fingerprint density at radius 3 is 3.18 bits per heavy atom. The Hall–Kier alpha value is -1.93. The molecule has 1 amide bonds. The van der Waals surface area contributed by atoms with Gasteiger partial charge in [0, 0.05) is 25.4 Å². The molecule has 3 N–H and O–H groups in total. The van der Waals surface area contributed by atoms with E-state index in [2.05, 4.69) is 15.3 Å². The molecule has 0 unspecified atom stereocenters. The van der Waals surface area contributed by atoms with E-state index in [9.17, 15) is 4.79 Å². The summed E-state index contributed by atoms with van der Waals surface area (Å²) >= 11 is 0. The number of carboxylic acid groups (broad SMARTS) is 1. The van der Waals surface area contributed by atoms with Crippen molar-refractivity contribution < 1.29 is 19.7 Å². The van der Waals surface area contributed by atoms with Gasteiger partial charge in [-0.25, -0.2) is 14.8 Å². The summed E-state index contributed by atoms with van der Waals surface area (Å²) in [7, 11) is 0. The minimum atomic E-state index is -0.922. The van der Waals surface area contributed by atoms with Crippen LogP contribution in [0, 0.1) is 0 Å². The van der Waals surface area contributed by atoms with E-state index in [-0.39, 0.29) is 18.8 Å². The summed E-state index contributed by atoms with van der Waals surface area (Å²) in [6.07, 6.45) is 2.88. The maximum atomic E-state index is 11.1. The summed E-state index contributed by atoms with van der Waals surface area (Å²) in [5, 5.41) is 21.5. The molecular weight excluding hydrogens is 288 g/mol. The molecule has 2 atom stereocenters. The van der Waals surface area contributed by atoms with Gasteiger partial charge in [0.2, 0.25) is 5.95 Å². The Morgan fingerprint density at radius 2 is 2.41 bits per heavy atom. The molecule has 0 bridgehead atoms. The Morgan fingerprint density at radius 1 is 1.55 bits per heavy atom. The summed E-state index contributed by atoms with van der Waals surface area (Å²) in [6.45, 7) is 1.39. The Bertz CT molecular complexity index is 554. The summed E-state index contributed by atoms with van der Waals surface area (Å²) < 4.78 is 5.42. The standard InChI is InChI=1S/C14H20N4O4/c19-8-11-5-10(2-4-22-11)16-13-15-6-9-1-3-18(14(20)21)7-12(9)17-13/h6,10-11,19H,1-5,7-8H2,(H,20,21)(H,15,16,17)/t10-,11-/m0/s1. The number of anilines is 1. The van der Waals surface area contributed by atoms with Crippen molar-refractivity contribution in [2.75, 3.05) is 25.1 Å². The summed E-state index contributed by atoms with van der Waals surface area (Å²) in [5.74, 6) is 0.509. The fourth-order valence-corrected chi connectivity index (χ4v) is 2.86. The molecule has 120 valence electrons. The molecule has 3 heterocycles. The van der Waals surface area contributed by atoms with Crippen molar-refractivity contribution >= 4 is 12.0 Å². The SMILES string of the molecule is O=C(O)N1CCc2cnc(N[C@H]3CCO[C@H](CO)C3)nc2C1. The molecule has 0 saturated carbocycles. The average molecular weight is 308 g/mol. The first-order chi connectivity index (χ1) is 10.7. The number of nitrogens with zero attached hydrogens (tertiary/aromatic N) is 3. The van der Waals surface area contributed by atoms with Crippen LogP contribution in [0.4, 0.5) is 10.7 Å². The zero-order chi connectivity index (χ0) is 15.5. The van der Waals surface area contributed by atoms with Crippen molar-refractivity contribution in [2.24, 2.45) is 0 Å². The van der Waals surface area contributed by atoms with Gasteiger partial charge in [-0.05, 0) is 24.8 Å². The molecule has 0 radical (unpaired) electrons. The Labute approximate surface area is 128 Å². The fraction of sp³-hybridized carbons (Fsp3) is 0.643. The monoisotopic (exact) mass is 308 g/mol. The van der Waals surface area contributed by atoms with Crippen molar-refractivity contribution in [2.45, 2.75) is 38.0 Å². The van der Waals surface area contributed by atoms with Gasteiger partial charge < -0.3 is 25.2 Å². The van der Waals surface area contributed by atoms with Crippen LogP contribution in [0.15, 0.2) is 6.20 Å². The van der Waals surface area contributed by atoms with E-state index in [4.69, 9.17) is 14.9 Å². The number of aliphatic hydroxyl groups is 1. The van der Waals surface area contributed by atoms with Crippen LogP contribution >= 0.6 is 0 Å². The molecule has 22 heavy (non-hydrogen) atoms. The molecule has 1 saturated heterocycles. The lowest BCUT2D eigenvalue weighted by Crippen LogP contribution is -2.37. The molecule has 3 rings (SSSR count). The summed E-state index contributed by atoms with van der Waals surface area (Å²) in [6, 6.07) is 0.156. The normalized spacial score (nSPS) is 24.7. The predicted molar refractivity (Wildman–Crippen MR) is 77.6 cm³/mol. The third-order valence-corrected chi connectivity index (χ3v) is 4.12. The quantitative estimate of drug-likeness (QED) is 0.744. The topological polar surface area (TPSA) is 108 Å². The predicted octanol–water partition coefficient (Wildman–Crippen LogP) is 0.464. The first kappa shape index (κ1) is 15.0. The second-order valence-electron chi connectivity index (χ2n) is 5.66. The minimum Gasteiger partial charge on any atom is -0.465 e. The van der Waals surface area contributed by atoms with Crippen LogP contribution in [0.2, 0.25) is 0 Å². The van der Waals surface area contributed by atoms with Gasteiger partial charge in [0.25, 0.3) is 0 Å². The zero-order valence-electron chi connectivity index (χ0n) is 12.2. The van der Waals surface area contributed by atoms with Crippen LogP contribution in [0.25, 0.3) is 0 Å². The molecule has 1 fully saturated rings. The molecule has 0 aromatic carbocycles. The van der Waals surface area contributed by atoms with Gasteiger partial charge in [0.05, 0.1) is 24.9 Å². The highest BCUT2D eigenvalue weighted by atomic mass is 16.5. The van der Waals surface area contributed by atoms with E-state index in [0.717, 1.165) is 17.7 Å². The van der Waals surface area contributed by atoms with Gasteiger partial charge >= 0.3 is 6.09 Å². The van der Waals surface area contributed by atoms with Crippen LogP contribution in [0.1, 0.15) is 24.1 Å². The number of fused-ring (bicyclic) bond motifs is 1. The van der Waals surface area contributed by atoms with E-state index in [1.54, 1.807) is 6.20 Å². The number of rotatable bonds is 3. The van der Waals surface area contributed by atoms with Gasteiger partial charge in [0.1, 0.15) is 0 Å². The molecular formula is C14H20N4O4. The maximum absolute atomic E-state index is 11.1. The van der Waals surface area contributed by atoms with Crippen LogP contribution in [-0.2, 0) is 17.7 Å². The van der Waals surface area contributed by atoms with Crippen LogP contribution in [0.3, 0.4) is 0 Å². The third-order valence-electron chi connectivity index (χ3n) is 4.12. The smallest absolute Gasteiger partial charge is 0.407 e.